The Bertz CT molecular complexity index is 737. The maximum Gasteiger partial charge on any atom is 0.227 e. The van der Waals surface area contributed by atoms with Gasteiger partial charge < -0.3 is 4.42 Å². The van der Waals surface area contributed by atoms with Gasteiger partial charge in [-0.25, -0.2) is 4.98 Å². The van der Waals surface area contributed by atoms with Crippen LogP contribution in [0.2, 0.25) is 10.0 Å². The summed E-state index contributed by atoms with van der Waals surface area (Å²) < 4.78 is 5.70. The molecule has 0 N–H and O–H groups in total. The Hall–Kier alpha value is -1.03. The molecule has 0 aliphatic rings. The van der Waals surface area contributed by atoms with Gasteiger partial charge in [0, 0.05) is 15.9 Å². The summed E-state index contributed by atoms with van der Waals surface area (Å²) in [7, 11) is 0. The molecule has 0 aliphatic heterocycles. The van der Waals surface area contributed by atoms with E-state index < -0.39 is 0 Å². The van der Waals surface area contributed by atoms with E-state index in [1.807, 2.05) is 24.3 Å². The smallest absolute Gasteiger partial charge is 0.227 e. The number of fused-ring (bicyclic) bond motifs is 1. The molecule has 0 spiro atoms. The molecule has 0 saturated heterocycles. The average molecular weight is 357 g/mol. The predicted octanol–water partition coefficient (Wildman–Crippen LogP) is 5.70. The van der Waals surface area contributed by atoms with Crippen molar-refractivity contribution in [3.8, 4) is 11.5 Å². The highest BCUT2D eigenvalue weighted by molar-refractivity contribution is 9.08. The zero-order valence-electron chi connectivity index (χ0n) is 9.66. The van der Waals surface area contributed by atoms with E-state index in [2.05, 4.69) is 20.9 Å². The number of oxazole rings is 1. The van der Waals surface area contributed by atoms with E-state index in [1.54, 1.807) is 12.1 Å². The third-order valence-corrected chi connectivity index (χ3v) is 3.91. The molecule has 0 bridgehead atoms. The molecule has 3 rings (SSSR count). The van der Waals surface area contributed by atoms with Gasteiger partial charge in [-0.05, 0) is 29.8 Å². The lowest BCUT2D eigenvalue weighted by molar-refractivity contribution is 0.620. The Labute approximate surface area is 128 Å². The highest BCUT2D eigenvalue weighted by atomic mass is 79.9. The van der Waals surface area contributed by atoms with Crippen LogP contribution in [0.15, 0.2) is 40.8 Å². The van der Waals surface area contributed by atoms with Crippen molar-refractivity contribution in [3.63, 3.8) is 0 Å². The molecule has 0 radical (unpaired) electrons. The Morgan fingerprint density at radius 2 is 1.84 bits per heavy atom. The van der Waals surface area contributed by atoms with Gasteiger partial charge in [0.25, 0.3) is 0 Å². The normalized spacial score (nSPS) is 11.1. The van der Waals surface area contributed by atoms with Crippen molar-refractivity contribution < 1.29 is 4.42 Å². The lowest BCUT2D eigenvalue weighted by atomic mass is 10.1. The first kappa shape index (κ1) is 13.0. The molecule has 5 heteroatoms. The van der Waals surface area contributed by atoms with Crippen molar-refractivity contribution in [1.82, 2.24) is 4.98 Å². The van der Waals surface area contributed by atoms with Gasteiger partial charge >= 0.3 is 0 Å². The number of hydrogen-bond acceptors (Lipinski definition) is 2. The van der Waals surface area contributed by atoms with Crippen LogP contribution in [0.25, 0.3) is 22.6 Å². The van der Waals surface area contributed by atoms with E-state index in [4.69, 9.17) is 27.6 Å². The molecule has 0 unspecified atom stereocenters. The molecule has 96 valence electrons. The Kier molecular flexibility index (Phi) is 3.52. The molecule has 2 aromatic carbocycles. The highest BCUT2D eigenvalue weighted by Crippen LogP contribution is 2.31. The molecule has 0 amide bonds. The van der Waals surface area contributed by atoms with Gasteiger partial charge in [-0.15, -0.1) is 0 Å². The number of benzene rings is 2. The van der Waals surface area contributed by atoms with Crippen LogP contribution in [0.1, 0.15) is 5.56 Å². The van der Waals surface area contributed by atoms with E-state index in [0.717, 1.165) is 10.9 Å². The number of hydrogen-bond donors (Lipinski definition) is 0. The fourth-order valence-corrected chi connectivity index (χ4v) is 2.71. The van der Waals surface area contributed by atoms with E-state index in [1.165, 1.54) is 5.56 Å². The summed E-state index contributed by atoms with van der Waals surface area (Å²) in [4.78, 5) is 4.41. The maximum atomic E-state index is 6.09. The van der Waals surface area contributed by atoms with Crippen LogP contribution in [-0.2, 0) is 5.33 Å². The van der Waals surface area contributed by atoms with Crippen molar-refractivity contribution >= 4 is 50.2 Å². The monoisotopic (exact) mass is 355 g/mol. The molecule has 0 fully saturated rings. The van der Waals surface area contributed by atoms with Crippen LogP contribution < -0.4 is 0 Å². The van der Waals surface area contributed by atoms with Crippen molar-refractivity contribution in [2.75, 3.05) is 0 Å². The largest absolute Gasteiger partial charge is 0.435 e. The minimum Gasteiger partial charge on any atom is -0.435 e. The third kappa shape index (κ3) is 2.50. The first-order chi connectivity index (χ1) is 9.17. The SMILES string of the molecule is Clc1cc(Cl)c2oc(-c3ccc(CBr)cc3)nc2c1. The summed E-state index contributed by atoms with van der Waals surface area (Å²) in [6.45, 7) is 0. The standard InChI is InChI=1S/C14H8BrCl2NO/c15-7-8-1-3-9(4-2-8)14-18-12-6-10(16)5-11(17)13(12)19-14/h1-6H,7H2. The van der Waals surface area contributed by atoms with Crippen LogP contribution in [0.4, 0.5) is 0 Å². The number of halogens is 3. The second-order valence-corrected chi connectivity index (χ2v) is 5.49. The number of rotatable bonds is 2. The molecular weight excluding hydrogens is 349 g/mol. The first-order valence-electron chi connectivity index (χ1n) is 5.58. The summed E-state index contributed by atoms with van der Waals surface area (Å²) in [5.41, 5.74) is 3.33. The van der Waals surface area contributed by atoms with Gasteiger partial charge in [0.15, 0.2) is 5.58 Å². The van der Waals surface area contributed by atoms with Gasteiger partial charge in [-0.3, -0.25) is 0 Å². The Morgan fingerprint density at radius 3 is 2.53 bits per heavy atom. The van der Waals surface area contributed by atoms with Crippen LogP contribution >= 0.6 is 39.1 Å². The third-order valence-electron chi connectivity index (χ3n) is 2.76. The van der Waals surface area contributed by atoms with Gasteiger partial charge in [0.05, 0.1) is 5.02 Å². The van der Waals surface area contributed by atoms with Crippen LogP contribution in [0.5, 0.6) is 0 Å². The Morgan fingerprint density at radius 1 is 1.11 bits per heavy atom. The molecule has 0 saturated carbocycles. The second-order valence-electron chi connectivity index (χ2n) is 4.09. The summed E-state index contributed by atoms with van der Waals surface area (Å²) in [6.07, 6.45) is 0. The summed E-state index contributed by atoms with van der Waals surface area (Å²) in [5.74, 6) is 0.542. The lowest BCUT2D eigenvalue weighted by Gasteiger charge is -1.97. The molecule has 1 aromatic heterocycles. The van der Waals surface area contributed by atoms with Gasteiger partial charge in [0.1, 0.15) is 5.52 Å². The predicted molar refractivity (Wildman–Crippen MR) is 82.1 cm³/mol. The van der Waals surface area contributed by atoms with Gasteiger partial charge in [0.2, 0.25) is 5.89 Å². The fraction of sp³-hybridized carbons (Fsp3) is 0.0714. The van der Waals surface area contributed by atoms with Crippen LogP contribution in [-0.4, -0.2) is 4.98 Å². The lowest BCUT2D eigenvalue weighted by Crippen LogP contribution is -1.79. The van der Waals surface area contributed by atoms with Crippen LogP contribution in [0, 0.1) is 0 Å². The molecule has 0 atom stereocenters. The zero-order chi connectivity index (χ0) is 13.4. The van der Waals surface area contributed by atoms with Crippen molar-refractivity contribution in [3.05, 3.63) is 52.0 Å². The van der Waals surface area contributed by atoms with Crippen molar-refractivity contribution in [1.29, 1.82) is 0 Å². The van der Waals surface area contributed by atoms with E-state index in [-0.39, 0.29) is 0 Å². The van der Waals surface area contributed by atoms with Crippen molar-refractivity contribution in [2.45, 2.75) is 5.33 Å². The number of alkyl halides is 1. The van der Waals surface area contributed by atoms with Gasteiger partial charge in [-0.1, -0.05) is 51.3 Å². The molecular formula is C14H8BrCl2NO. The molecule has 19 heavy (non-hydrogen) atoms. The van der Waals surface area contributed by atoms with Crippen molar-refractivity contribution in [2.24, 2.45) is 0 Å². The first-order valence-corrected chi connectivity index (χ1v) is 7.46. The van der Waals surface area contributed by atoms with E-state index in [9.17, 15) is 0 Å². The number of aromatic nitrogens is 1. The maximum absolute atomic E-state index is 6.09. The second kappa shape index (κ2) is 5.16. The minimum atomic E-state index is 0.471. The highest BCUT2D eigenvalue weighted by Gasteiger charge is 2.12. The topological polar surface area (TPSA) is 26.0 Å². The summed E-state index contributed by atoms with van der Waals surface area (Å²) in [6, 6.07) is 11.4. The molecule has 2 nitrogen and oxygen atoms in total. The summed E-state index contributed by atoms with van der Waals surface area (Å²) >= 11 is 15.4. The van der Waals surface area contributed by atoms with Crippen LogP contribution in [0.3, 0.4) is 0 Å². The van der Waals surface area contributed by atoms with E-state index in [0.29, 0.717) is 27.0 Å². The average Bonchev–Trinajstić information content (AvgIpc) is 2.83. The van der Waals surface area contributed by atoms with Gasteiger partial charge in [-0.2, -0.15) is 0 Å². The number of nitrogens with zero attached hydrogens (tertiary/aromatic N) is 1. The minimum absolute atomic E-state index is 0.471. The molecule has 0 aliphatic carbocycles. The molecule has 3 aromatic rings. The molecule has 1 heterocycles. The Balaban J connectivity index is 2.12. The zero-order valence-corrected chi connectivity index (χ0v) is 12.8. The summed E-state index contributed by atoms with van der Waals surface area (Å²) in [5, 5.41) is 1.84. The quantitative estimate of drug-likeness (QED) is 0.550. The fourth-order valence-electron chi connectivity index (χ4n) is 1.82. The van der Waals surface area contributed by atoms with E-state index >= 15 is 0 Å².